The lowest BCUT2D eigenvalue weighted by atomic mass is 10.1. The summed E-state index contributed by atoms with van der Waals surface area (Å²) < 4.78 is 31.6. The topological polar surface area (TPSA) is 96.0 Å². The number of halogens is 1. The van der Waals surface area contributed by atoms with Crippen LogP contribution >= 0.6 is 11.6 Å². The summed E-state index contributed by atoms with van der Waals surface area (Å²) in [7, 11) is -3.57. The average molecular weight is 538 g/mol. The smallest absolute Gasteiger partial charge is 0.242 e. The number of benzene rings is 2. The van der Waals surface area contributed by atoms with Gasteiger partial charge in [0.15, 0.2) is 0 Å². The van der Waals surface area contributed by atoms with Gasteiger partial charge < -0.3 is 15.0 Å². The van der Waals surface area contributed by atoms with Crippen LogP contribution in [0.1, 0.15) is 46.1 Å². The summed E-state index contributed by atoms with van der Waals surface area (Å²) in [6.45, 7) is 8.15. The number of nitrogens with one attached hydrogen (secondary N) is 1. The third kappa shape index (κ3) is 9.02. The molecule has 0 unspecified atom stereocenters. The van der Waals surface area contributed by atoms with Crippen LogP contribution in [0.4, 0.5) is 5.69 Å². The number of rotatable bonds is 13. The molecule has 0 aliphatic heterocycles. The first kappa shape index (κ1) is 29.5. The normalized spacial score (nSPS) is 12.2. The minimum absolute atomic E-state index is 0.0649. The Kier molecular flexibility index (Phi) is 11.0. The number of ether oxygens (including phenoxy) is 1. The highest BCUT2D eigenvalue weighted by molar-refractivity contribution is 7.92. The van der Waals surface area contributed by atoms with Crippen molar-refractivity contribution >= 4 is 39.1 Å². The Morgan fingerprint density at radius 3 is 2.17 bits per heavy atom. The van der Waals surface area contributed by atoms with Crippen LogP contribution in [0.5, 0.6) is 5.75 Å². The molecule has 1 N–H and O–H groups in total. The molecular formula is C26H36ClN3O5S. The number of anilines is 1. The second kappa shape index (κ2) is 13.5. The lowest BCUT2D eigenvalue weighted by Gasteiger charge is -2.30. The van der Waals surface area contributed by atoms with Crippen LogP contribution in [0.3, 0.4) is 0 Å². The number of nitrogens with zero attached hydrogens (tertiary/aromatic N) is 2. The highest BCUT2D eigenvalue weighted by Gasteiger charge is 2.27. The summed E-state index contributed by atoms with van der Waals surface area (Å²) in [6.07, 6.45) is 1.50. The van der Waals surface area contributed by atoms with Gasteiger partial charge in [-0.1, -0.05) is 23.7 Å². The van der Waals surface area contributed by atoms with Crippen molar-refractivity contribution in [3.8, 4) is 5.75 Å². The Balaban J connectivity index is 2.14. The standard InChI is InChI=1S/C26H36ClN3O5S/c1-6-35-24-15-13-23(14-16-24)30(36(5,33)34)17-7-8-25(31)29(20(4)26(32)28-19(2)3)18-21-9-11-22(27)12-10-21/h9-16,19-20H,6-8,17-18H2,1-5H3,(H,28,32)/t20-/m0/s1. The molecule has 0 aliphatic carbocycles. The Hall–Kier alpha value is -2.78. The zero-order valence-electron chi connectivity index (χ0n) is 21.5. The van der Waals surface area contributed by atoms with Crippen molar-refractivity contribution in [1.29, 1.82) is 0 Å². The van der Waals surface area contributed by atoms with Crippen LogP contribution in [-0.4, -0.2) is 56.6 Å². The molecule has 36 heavy (non-hydrogen) atoms. The fourth-order valence-corrected chi connectivity index (χ4v) is 4.74. The van der Waals surface area contributed by atoms with E-state index < -0.39 is 16.1 Å². The van der Waals surface area contributed by atoms with Gasteiger partial charge in [-0.3, -0.25) is 13.9 Å². The molecule has 0 aliphatic rings. The summed E-state index contributed by atoms with van der Waals surface area (Å²) in [5, 5.41) is 3.43. The zero-order valence-corrected chi connectivity index (χ0v) is 23.1. The molecule has 2 aromatic rings. The Morgan fingerprint density at radius 2 is 1.64 bits per heavy atom. The van der Waals surface area contributed by atoms with Crippen LogP contribution in [-0.2, 0) is 26.2 Å². The van der Waals surface area contributed by atoms with Gasteiger partial charge in [-0.15, -0.1) is 0 Å². The first-order chi connectivity index (χ1) is 16.9. The minimum atomic E-state index is -3.57. The third-order valence-corrected chi connectivity index (χ3v) is 6.90. The van der Waals surface area contributed by atoms with Crippen LogP contribution in [0, 0.1) is 0 Å². The fraction of sp³-hybridized carbons (Fsp3) is 0.462. The number of carbonyl (C=O) groups excluding carboxylic acids is 2. The molecule has 0 fully saturated rings. The first-order valence-corrected chi connectivity index (χ1v) is 14.2. The molecule has 0 heterocycles. The minimum Gasteiger partial charge on any atom is -0.494 e. The third-order valence-electron chi connectivity index (χ3n) is 5.45. The summed E-state index contributed by atoms with van der Waals surface area (Å²) in [6, 6.07) is 13.1. The van der Waals surface area contributed by atoms with E-state index in [9.17, 15) is 18.0 Å². The molecule has 0 saturated carbocycles. The van der Waals surface area contributed by atoms with Crippen molar-refractivity contribution < 1.29 is 22.7 Å². The van der Waals surface area contributed by atoms with Crippen LogP contribution in [0.15, 0.2) is 48.5 Å². The molecule has 2 amide bonds. The fourth-order valence-electron chi connectivity index (χ4n) is 3.65. The van der Waals surface area contributed by atoms with Gasteiger partial charge in [0.05, 0.1) is 18.6 Å². The monoisotopic (exact) mass is 537 g/mol. The van der Waals surface area contributed by atoms with E-state index in [4.69, 9.17) is 16.3 Å². The Morgan fingerprint density at radius 1 is 1.03 bits per heavy atom. The van der Waals surface area contributed by atoms with Crippen molar-refractivity contribution in [3.05, 3.63) is 59.1 Å². The van der Waals surface area contributed by atoms with Crippen molar-refractivity contribution in [2.45, 2.75) is 59.2 Å². The predicted molar refractivity (Wildman–Crippen MR) is 144 cm³/mol. The molecule has 8 nitrogen and oxygen atoms in total. The van der Waals surface area contributed by atoms with Gasteiger partial charge in [0.2, 0.25) is 21.8 Å². The van der Waals surface area contributed by atoms with Crippen molar-refractivity contribution in [1.82, 2.24) is 10.2 Å². The molecule has 0 spiro atoms. The maximum absolute atomic E-state index is 13.3. The average Bonchev–Trinajstić information content (AvgIpc) is 2.80. The molecule has 2 aromatic carbocycles. The van der Waals surface area contributed by atoms with Crippen molar-refractivity contribution in [3.63, 3.8) is 0 Å². The maximum Gasteiger partial charge on any atom is 0.242 e. The second-order valence-electron chi connectivity index (χ2n) is 8.85. The van der Waals surface area contributed by atoms with E-state index in [-0.39, 0.29) is 43.8 Å². The van der Waals surface area contributed by atoms with E-state index in [1.807, 2.05) is 32.9 Å². The molecule has 0 radical (unpaired) electrons. The molecule has 2 rings (SSSR count). The van der Waals surface area contributed by atoms with Crippen molar-refractivity contribution in [2.75, 3.05) is 23.7 Å². The van der Waals surface area contributed by atoms with Gasteiger partial charge in [0.25, 0.3) is 0 Å². The number of carbonyl (C=O) groups is 2. The number of amides is 2. The molecule has 0 bridgehead atoms. The van der Waals surface area contributed by atoms with E-state index in [0.29, 0.717) is 23.1 Å². The molecular weight excluding hydrogens is 502 g/mol. The van der Waals surface area contributed by atoms with Crippen LogP contribution in [0.2, 0.25) is 5.02 Å². The maximum atomic E-state index is 13.3. The molecule has 10 heteroatoms. The number of hydrogen-bond donors (Lipinski definition) is 1. The SMILES string of the molecule is CCOc1ccc(N(CCCC(=O)N(Cc2ccc(Cl)cc2)[C@@H](C)C(=O)NC(C)C)S(C)(=O)=O)cc1. The second-order valence-corrected chi connectivity index (χ2v) is 11.2. The summed E-state index contributed by atoms with van der Waals surface area (Å²) in [4.78, 5) is 27.5. The van der Waals surface area contributed by atoms with Crippen molar-refractivity contribution in [2.24, 2.45) is 0 Å². The number of hydrogen-bond acceptors (Lipinski definition) is 5. The number of sulfonamides is 1. The Labute approximate surface area is 219 Å². The summed E-state index contributed by atoms with van der Waals surface area (Å²) in [5.74, 6) is 0.160. The van der Waals surface area contributed by atoms with Gasteiger partial charge in [-0.2, -0.15) is 0 Å². The van der Waals surface area contributed by atoms with Crippen LogP contribution in [0.25, 0.3) is 0 Å². The molecule has 0 saturated heterocycles. The van der Waals surface area contributed by atoms with Gasteiger partial charge >= 0.3 is 0 Å². The van der Waals surface area contributed by atoms with Crippen LogP contribution < -0.4 is 14.4 Å². The molecule has 1 atom stereocenters. The van der Waals surface area contributed by atoms with E-state index in [1.165, 1.54) is 9.21 Å². The van der Waals surface area contributed by atoms with Gasteiger partial charge in [-0.05, 0) is 76.1 Å². The van der Waals surface area contributed by atoms with E-state index in [2.05, 4.69) is 5.32 Å². The lowest BCUT2D eigenvalue weighted by molar-refractivity contribution is -0.140. The first-order valence-electron chi connectivity index (χ1n) is 12.0. The van der Waals surface area contributed by atoms with Gasteiger partial charge in [-0.25, -0.2) is 8.42 Å². The predicted octanol–water partition coefficient (Wildman–Crippen LogP) is 4.23. The molecule has 198 valence electrons. The summed E-state index contributed by atoms with van der Waals surface area (Å²) >= 11 is 5.99. The van der Waals surface area contributed by atoms with Gasteiger partial charge in [0, 0.05) is 30.6 Å². The Bertz CT molecular complexity index is 1110. The quantitative estimate of drug-likeness (QED) is 0.412. The molecule has 0 aromatic heterocycles. The zero-order chi connectivity index (χ0) is 26.9. The highest BCUT2D eigenvalue weighted by atomic mass is 35.5. The van der Waals surface area contributed by atoms with E-state index in [1.54, 1.807) is 43.3 Å². The lowest BCUT2D eigenvalue weighted by Crippen LogP contribution is -2.49. The van der Waals surface area contributed by atoms with E-state index >= 15 is 0 Å². The van der Waals surface area contributed by atoms with E-state index in [0.717, 1.165) is 11.8 Å². The highest BCUT2D eigenvalue weighted by Crippen LogP contribution is 2.23. The summed E-state index contributed by atoms with van der Waals surface area (Å²) in [5.41, 5.74) is 1.33. The largest absolute Gasteiger partial charge is 0.494 e. The van der Waals surface area contributed by atoms with Gasteiger partial charge in [0.1, 0.15) is 11.8 Å².